The van der Waals surface area contributed by atoms with Crippen molar-refractivity contribution in [3.63, 3.8) is 0 Å². The van der Waals surface area contributed by atoms with Crippen LogP contribution >= 0.6 is 22.7 Å². The molecule has 0 saturated carbocycles. The van der Waals surface area contributed by atoms with Crippen LogP contribution in [-0.4, -0.2) is 23.4 Å². The molecule has 3 rings (SSSR count). The first-order valence-corrected chi connectivity index (χ1v) is 8.93. The molecule has 7 heteroatoms. The van der Waals surface area contributed by atoms with Gasteiger partial charge in [0.1, 0.15) is 0 Å². The lowest BCUT2D eigenvalue weighted by atomic mass is 10.1. The van der Waals surface area contributed by atoms with Crippen molar-refractivity contribution < 1.29 is 9.59 Å². The van der Waals surface area contributed by atoms with Crippen molar-refractivity contribution in [3.05, 3.63) is 68.6 Å². The van der Waals surface area contributed by atoms with E-state index < -0.39 is 0 Å². The summed E-state index contributed by atoms with van der Waals surface area (Å²) in [6, 6.07) is 10.6. The topological polar surface area (TPSA) is 54.7 Å². The largest absolute Gasteiger partial charge is 0.327 e. The van der Waals surface area contributed by atoms with Gasteiger partial charge in [0.25, 0.3) is 11.8 Å². The van der Waals surface area contributed by atoms with Gasteiger partial charge in [-0.1, -0.05) is 18.2 Å². The SMILES string of the molecule is CN(C(=O)c1cccs1)c1ccccc1C(=O)N=c1sccn1C. The molecule has 0 unspecified atom stereocenters. The minimum Gasteiger partial charge on any atom is -0.327 e. The Hall–Kier alpha value is -2.51. The molecular formula is C17H15N3O2S2. The number of anilines is 1. The van der Waals surface area contributed by atoms with Crippen LogP contribution in [0.4, 0.5) is 5.69 Å². The zero-order valence-corrected chi connectivity index (χ0v) is 14.8. The molecule has 5 nitrogen and oxygen atoms in total. The third-order valence-electron chi connectivity index (χ3n) is 3.49. The molecule has 0 aliphatic carbocycles. The number of thiophene rings is 1. The third kappa shape index (κ3) is 3.22. The smallest absolute Gasteiger partial charge is 0.281 e. The van der Waals surface area contributed by atoms with Gasteiger partial charge in [0.15, 0.2) is 4.80 Å². The first-order valence-electron chi connectivity index (χ1n) is 7.17. The summed E-state index contributed by atoms with van der Waals surface area (Å²) in [6.45, 7) is 0. The van der Waals surface area contributed by atoms with Crippen molar-refractivity contribution in [2.45, 2.75) is 0 Å². The first-order chi connectivity index (χ1) is 11.6. The van der Waals surface area contributed by atoms with Gasteiger partial charge in [-0.25, -0.2) is 0 Å². The number of hydrogen-bond donors (Lipinski definition) is 0. The minimum absolute atomic E-state index is 0.146. The van der Waals surface area contributed by atoms with E-state index in [0.717, 1.165) is 0 Å². The molecule has 0 radical (unpaired) electrons. The van der Waals surface area contributed by atoms with Crippen LogP contribution < -0.4 is 9.70 Å². The Labute approximate surface area is 147 Å². The van der Waals surface area contributed by atoms with Gasteiger partial charge in [0, 0.05) is 25.7 Å². The van der Waals surface area contributed by atoms with Crippen LogP contribution in [0.5, 0.6) is 0 Å². The fraction of sp³-hybridized carbons (Fsp3) is 0.118. The number of rotatable bonds is 3. The van der Waals surface area contributed by atoms with Crippen molar-refractivity contribution in [1.29, 1.82) is 0 Å². The Balaban J connectivity index is 1.98. The molecule has 0 N–H and O–H groups in total. The van der Waals surface area contributed by atoms with E-state index in [1.165, 1.54) is 27.6 Å². The molecule has 0 aliphatic heterocycles. The molecule has 3 aromatic rings. The number of nitrogens with zero attached hydrogens (tertiary/aromatic N) is 3. The Morgan fingerprint density at radius 2 is 1.88 bits per heavy atom. The second kappa shape index (κ2) is 6.94. The summed E-state index contributed by atoms with van der Waals surface area (Å²) in [4.78, 5) is 32.0. The number of thiazole rings is 1. The average Bonchev–Trinajstić information content (AvgIpc) is 3.26. The molecule has 0 aliphatic rings. The van der Waals surface area contributed by atoms with Gasteiger partial charge in [-0.3, -0.25) is 9.59 Å². The second-order valence-electron chi connectivity index (χ2n) is 5.07. The van der Waals surface area contributed by atoms with Gasteiger partial charge < -0.3 is 9.47 Å². The Bertz CT molecular complexity index is 939. The molecule has 2 aromatic heterocycles. The highest BCUT2D eigenvalue weighted by Crippen LogP contribution is 2.23. The molecule has 2 amide bonds. The molecule has 0 atom stereocenters. The van der Waals surface area contributed by atoms with Crippen molar-refractivity contribution in [3.8, 4) is 0 Å². The summed E-state index contributed by atoms with van der Waals surface area (Å²) in [5.74, 6) is -0.513. The zero-order chi connectivity index (χ0) is 17.1. The van der Waals surface area contributed by atoms with Crippen molar-refractivity contribution in [1.82, 2.24) is 4.57 Å². The maximum absolute atomic E-state index is 12.6. The number of hydrogen-bond acceptors (Lipinski definition) is 4. The predicted molar refractivity (Wildman–Crippen MR) is 96.7 cm³/mol. The molecule has 122 valence electrons. The fourth-order valence-electron chi connectivity index (χ4n) is 2.20. The van der Waals surface area contributed by atoms with Gasteiger partial charge in [-0.05, 0) is 23.6 Å². The van der Waals surface area contributed by atoms with Crippen molar-refractivity contribution in [2.75, 3.05) is 11.9 Å². The minimum atomic E-state index is -0.366. The van der Waals surface area contributed by atoms with Crippen LogP contribution in [0, 0.1) is 0 Å². The number of aromatic nitrogens is 1. The summed E-state index contributed by atoms with van der Waals surface area (Å²) in [5, 5.41) is 3.72. The Morgan fingerprint density at radius 3 is 2.54 bits per heavy atom. The number of para-hydroxylation sites is 1. The zero-order valence-electron chi connectivity index (χ0n) is 13.2. The quantitative estimate of drug-likeness (QED) is 0.723. The second-order valence-corrected chi connectivity index (χ2v) is 6.89. The molecule has 2 heterocycles. The molecule has 0 fully saturated rings. The van der Waals surface area contributed by atoms with Crippen LogP contribution in [0.1, 0.15) is 20.0 Å². The summed E-state index contributed by atoms with van der Waals surface area (Å²) < 4.78 is 1.78. The number of carbonyl (C=O) groups excluding carboxylic acids is 2. The molecule has 0 saturated heterocycles. The Morgan fingerprint density at radius 1 is 1.08 bits per heavy atom. The van der Waals surface area contributed by atoms with Crippen LogP contribution in [0.3, 0.4) is 0 Å². The van der Waals surface area contributed by atoms with Gasteiger partial charge in [0.05, 0.1) is 16.1 Å². The van der Waals surface area contributed by atoms with E-state index in [0.29, 0.717) is 20.9 Å². The summed E-state index contributed by atoms with van der Waals surface area (Å²) in [6.07, 6.45) is 1.84. The summed E-state index contributed by atoms with van der Waals surface area (Å²) in [5.41, 5.74) is 0.946. The predicted octanol–water partition coefficient (Wildman–Crippen LogP) is 3.17. The number of amides is 2. The van der Waals surface area contributed by atoms with Gasteiger partial charge in [-0.15, -0.1) is 22.7 Å². The van der Waals surface area contributed by atoms with E-state index in [-0.39, 0.29) is 11.8 Å². The average molecular weight is 357 g/mol. The number of aryl methyl sites for hydroxylation is 1. The van der Waals surface area contributed by atoms with E-state index >= 15 is 0 Å². The standard InChI is InChI=1S/C17H15N3O2S2/c1-19-9-11-24-17(19)18-15(21)12-6-3-4-7-13(12)20(2)16(22)14-8-5-10-23-14/h3-11H,1-2H3. The van der Waals surface area contributed by atoms with E-state index in [2.05, 4.69) is 4.99 Å². The normalized spacial score (nSPS) is 11.5. The molecule has 0 spiro atoms. The lowest BCUT2D eigenvalue weighted by molar-refractivity contribution is 0.0995. The van der Waals surface area contributed by atoms with Crippen LogP contribution in [-0.2, 0) is 7.05 Å². The van der Waals surface area contributed by atoms with Gasteiger partial charge >= 0.3 is 0 Å². The highest BCUT2D eigenvalue weighted by Gasteiger charge is 2.20. The van der Waals surface area contributed by atoms with E-state index in [1.54, 1.807) is 41.9 Å². The third-order valence-corrected chi connectivity index (χ3v) is 5.19. The van der Waals surface area contributed by atoms with E-state index in [1.807, 2.05) is 30.1 Å². The van der Waals surface area contributed by atoms with Crippen molar-refractivity contribution >= 4 is 40.2 Å². The lowest BCUT2D eigenvalue weighted by Gasteiger charge is -2.18. The van der Waals surface area contributed by atoms with Crippen molar-refractivity contribution in [2.24, 2.45) is 12.0 Å². The molecule has 0 bridgehead atoms. The maximum atomic E-state index is 12.6. The molecule has 24 heavy (non-hydrogen) atoms. The summed E-state index contributed by atoms with van der Waals surface area (Å²) in [7, 11) is 3.50. The van der Waals surface area contributed by atoms with E-state index in [4.69, 9.17) is 0 Å². The monoisotopic (exact) mass is 357 g/mol. The first kappa shape index (κ1) is 16.4. The highest BCUT2D eigenvalue weighted by molar-refractivity contribution is 7.12. The van der Waals surface area contributed by atoms with Gasteiger partial charge in [-0.2, -0.15) is 4.99 Å². The van der Waals surface area contributed by atoms with Crippen LogP contribution in [0.25, 0.3) is 0 Å². The van der Waals surface area contributed by atoms with Crippen LogP contribution in [0.2, 0.25) is 0 Å². The Kier molecular flexibility index (Phi) is 4.73. The highest BCUT2D eigenvalue weighted by atomic mass is 32.1. The van der Waals surface area contributed by atoms with Gasteiger partial charge in [0.2, 0.25) is 0 Å². The fourth-order valence-corrected chi connectivity index (χ4v) is 3.63. The molecular weight excluding hydrogens is 342 g/mol. The summed E-state index contributed by atoms with van der Waals surface area (Å²) >= 11 is 2.76. The molecule has 1 aromatic carbocycles. The van der Waals surface area contributed by atoms with Crippen LogP contribution in [0.15, 0.2) is 58.3 Å². The van der Waals surface area contributed by atoms with E-state index in [9.17, 15) is 9.59 Å². The number of benzene rings is 1. The lowest BCUT2D eigenvalue weighted by Crippen LogP contribution is -2.27. The maximum Gasteiger partial charge on any atom is 0.281 e. The number of carbonyl (C=O) groups is 2.